The predicted octanol–water partition coefficient (Wildman–Crippen LogP) is 4.10. The number of nitrogens with zero attached hydrogens (tertiary/aromatic N) is 5. The topological polar surface area (TPSA) is 82.8 Å². The van der Waals surface area contributed by atoms with Gasteiger partial charge in [-0.2, -0.15) is 0 Å². The van der Waals surface area contributed by atoms with E-state index in [0.717, 1.165) is 90.7 Å². The summed E-state index contributed by atoms with van der Waals surface area (Å²) < 4.78 is 0. The quantitative estimate of drug-likeness (QED) is 0.280. The molecule has 1 aromatic heterocycles. The number of anilines is 1. The van der Waals surface area contributed by atoms with Crippen LogP contribution in [0.2, 0.25) is 0 Å². The van der Waals surface area contributed by atoms with Gasteiger partial charge in [-0.1, -0.05) is 29.9 Å². The predicted molar refractivity (Wildman–Crippen MR) is 182 cm³/mol. The van der Waals surface area contributed by atoms with E-state index >= 15 is 0 Å². The van der Waals surface area contributed by atoms with Gasteiger partial charge in [0.25, 0.3) is 0 Å². The van der Waals surface area contributed by atoms with E-state index in [1.165, 1.54) is 40.6 Å². The molecular weight excluding hydrogens is 548 g/mol. The maximum absolute atomic E-state index is 11.7. The van der Waals surface area contributed by atoms with Crippen LogP contribution in [-0.4, -0.2) is 116 Å². The van der Waals surface area contributed by atoms with Crippen molar-refractivity contribution in [3.05, 3.63) is 47.1 Å². The van der Waals surface area contributed by atoms with Crippen LogP contribution in [0.25, 0.3) is 11.0 Å². The van der Waals surface area contributed by atoms with Crippen molar-refractivity contribution in [2.45, 2.75) is 70.9 Å². The monoisotopic (exact) mass is 604 g/mol. The van der Waals surface area contributed by atoms with Crippen LogP contribution >= 0.6 is 0 Å². The normalized spacial score (nSPS) is 20.5. The number of likely N-dealkylation sites (N-methyl/N-ethyl adjacent to an activating group) is 2. The van der Waals surface area contributed by atoms with Crippen molar-refractivity contribution in [1.82, 2.24) is 35.3 Å². The Bertz CT molecular complexity index is 1270. The minimum atomic E-state index is 0.175. The zero-order chi connectivity index (χ0) is 30.9. The molecule has 3 heterocycles. The molecule has 0 radical (unpaired) electrons. The Hall–Kier alpha value is -2.72. The Labute approximate surface area is 265 Å². The van der Waals surface area contributed by atoms with Crippen LogP contribution in [0.4, 0.5) is 5.95 Å². The number of likely N-dealkylation sites (tertiary alicyclic amines) is 1. The molecule has 0 saturated carbocycles. The third kappa shape index (κ3) is 8.50. The fraction of sp³-hybridized carbons (Fsp3) is 0.657. The number of H-pyrrole nitrogens is 1. The molecule has 1 aromatic carbocycles. The number of piperidine rings is 1. The van der Waals surface area contributed by atoms with Gasteiger partial charge in [-0.15, -0.1) is 0 Å². The number of allylic oxidation sites excluding steroid dienone is 2. The van der Waals surface area contributed by atoms with Crippen molar-refractivity contribution in [3.63, 3.8) is 0 Å². The lowest BCUT2D eigenvalue weighted by molar-refractivity contribution is -0.121. The van der Waals surface area contributed by atoms with Gasteiger partial charge in [0.1, 0.15) is 0 Å². The van der Waals surface area contributed by atoms with Crippen molar-refractivity contribution in [1.29, 1.82) is 0 Å². The smallest absolute Gasteiger partial charge is 0.219 e. The fourth-order valence-corrected chi connectivity index (χ4v) is 7.23. The SMILES string of the molecule is CCNC(=O)CCCCN1CCN(c2nc3c(C4CCN(C5C=C(C)C=CC5)CC4)c(CN(C)CCNC)ccc3[nH]2)CC1. The van der Waals surface area contributed by atoms with Gasteiger partial charge in [-0.25, -0.2) is 4.98 Å². The molecule has 2 aliphatic heterocycles. The summed E-state index contributed by atoms with van der Waals surface area (Å²) in [6, 6.07) is 5.16. The van der Waals surface area contributed by atoms with E-state index < -0.39 is 0 Å². The van der Waals surface area contributed by atoms with Crippen molar-refractivity contribution in [3.8, 4) is 0 Å². The molecule has 1 amide bonds. The number of piperazine rings is 1. The summed E-state index contributed by atoms with van der Waals surface area (Å²) in [6.45, 7) is 15.2. The average molecular weight is 605 g/mol. The van der Waals surface area contributed by atoms with Crippen molar-refractivity contribution in [2.75, 3.05) is 84.4 Å². The number of hydrogen-bond acceptors (Lipinski definition) is 7. The van der Waals surface area contributed by atoms with E-state index in [0.29, 0.717) is 24.9 Å². The number of imidazole rings is 1. The largest absolute Gasteiger partial charge is 0.356 e. The molecule has 2 fully saturated rings. The van der Waals surface area contributed by atoms with Crippen molar-refractivity contribution in [2.24, 2.45) is 0 Å². The number of rotatable bonds is 14. The van der Waals surface area contributed by atoms with Gasteiger partial charge in [0.15, 0.2) is 0 Å². The molecule has 1 aliphatic carbocycles. The van der Waals surface area contributed by atoms with Crippen LogP contribution < -0.4 is 15.5 Å². The molecule has 9 nitrogen and oxygen atoms in total. The lowest BCUT2D eigenvalue weighted by Gasteiger charge is -2.38. The highest BCUT2D eigenvalue weighted by molar-refractivity contribution is 5.83. The number of amides is 1. The third-order valence-corrected chi connectivity index (χ3v) is 9.75. The Balaban J connectivity index is 1.26. The highest BCUT2D eigenvalue weighted by Gasteiger charge is 2.29. The lowest BCUT2D eigenvalue weighted by atomic mass is 9.84. The summed E-state index contributed by atoms with van der Waals surface area (Å²) in [6.07, 6.45) is 13.2. The fourth-order valence-electron chi connectivity index (χ4n) is 7.23. The van der Waals surface area contributed by atoms with Crippen LogP contribution in [0.15, 0.2) is 35.9 Å². The van der Waals surface area contributed by atoms with Crippen LogP contribution in [0.1, 0.15) is 69.4 Å². The second kappa shape index (κ2) is 16.0. The molecule has 1 atom stereocenters. The number of hydrogen-bond donors (Lipinski definition) is 3. The molecule has 1 unspecified atom stereocenters. The standard InChI is InChI=1S/C35H56N8O/c1-5-37-32(44)11-6-7-17-41-21-23-43(24-22-41)35-38-31-13-12-29(26-40(4)20-16-36-3)33(34(31)39-35)28-14-18-42(19-15-28)30-10-8-9-27(2)25-30/h8-9,12-13,25,28,30,36H,5-7,10-11,14-24,26H2,1-4H3,(H,37,44)(H,38,39). The van der Waals surface area contributed by atoms with Crippen LogP contribution in [-0.2, 0) is 11.3 Å². The van der Waals surface area contributed by atoms with Gasteiger partial charge < -0.3 is 25.4 Å². The maximum Gasteiger partial charge on any atom is 0.219 e. The number of fused-ring (bicyclic) bond motifs is 1. The molecule has 5 rings (SSSR count). The Kier molecular flexibility index (Phi) is 11.9. The van der Waals surface area contributed by atoms with Crippen molar-refractivity contribution < 1.29 is 4.79 Å². The van der Waals surface area contributed by atoms with Gasteiger partial charge in [0.05, 0.1) is 11.0 Å². The van der Waals surface area contributed by atoms with Gasteiger partial charge in [0.2, 0.25) is 11.9 Å². The van der Waals surface area contributed by atoms with Gasteiger partial charge >= 0.3 is 0 Å². The highest BCUT2D eigenvalue weighted by atomic mass is 16.1. The van der Waals surface area contributed by atoms with E-state index in [2.05, 4.69) is 79.5 Å². The number of carbonyl (C=O) groups is 1. The maximum atomic E-state index is 11.7. The minimum Gasteiger partial charge on any atom is -0.356 e. The first-order valence-corrected chi connectivity index (χ1v) is 17.1. The molecule has 2 aromatic rings. The zero-order valence-corrected chi connectivity index (χ0v) is 27.7. The van der Waals surface area contributed by atoms with Gasteiger partial charge in [-0.05, 0) is 103 Å². The van der Waals surface area contributed by atoms with Crippen molar-refractivity contribution >= 4 is 22.9 Å². The summed E-state index contributed by atoms with van der Waals surface area (Å²) in [5, 5.41) is 6.20. The lowest BCUT2D eigenvalue weighted by Crippen LogP contribution is -2.47. The van der Waals surface area contributed by atoms with E-state index in [-0.39, 0.29) is 5.91 Å². The zero-order valence-electron chi connectivity index (χ0n) is 27.7. The van der Waals surface area contributed by atoms with Crippen LogP contribution in [0.3, 0.4) is 0 Å². The Morgan fingerprint density at radius 1 is 1.11 bits per heavy atom. The molecule has 44 heavy (non-hydrogen) atoms. The summed E-state index contributed by atoms with van der Waals surface area (Å²) in [7, 11) is 4.26. The second-order valence-electron chi connectivity index (χ2n) is 13.1. The van der Waals surface area contributed by atoms with Crippen LogP contribution in [0, 0.1) is 0 Å². The minimum absolute atomic E-state index is 0.175. The molecule has 9 heteroatoms. The number of benzene rings is 1. The van der Waals surface area contributed by atoms with E-state index in [4.69, 9.17) is 4.98 Å². The highest BCUT2D eigenvalue weighted by Crippen LogP contribution is 2.37. The Morgan fingerprint density at radius 2 is 1.91 bits per heavy atom. The van der Waals surface area contributed by atoms with Crippen LogP contribution in [0.5, 0.6) is 0 Å². The third-order valence-electron chi connectivity index (χ3n) is 9.75. The number of nitrogens with one attached hydrogen (secondary N) is 3. The number of unbranched alkanes of at least 4 members (excludes halogenated alkanes) is 1. The van der Waals surface area contributed by atoms with Gasteiger partial charge in [0, 0.05) is 64.8 Å². The molecule has 3 aliphatic rings. The summed E-state index contributed by atoms with van der Waals surface area (Å²) in [4.78, 5) is 30.9. The second-order valence-corrected chi connectivity index (χ2v) is 13.1. The average Bonchev–Trinajstić information content (AvgIpc) is 3.47. The number of carbonyl (C=O) groups excluding carboxylic acids is 1. The molecule has 3 N–H and O–H groups in total. The molecular formula is C35H56N8O. The summed E-state index contributed by atoms with van der Waals surface area (Å²) in [5.41, 5.74) is 6.65. The first kappa shape index (κ1) is 32.7. The molecule has 242 valence electrons. The van der Waals surface area contributed by atoms with E-state index in [9.17, 15) is 4.79 Å². The molecule has 2 saturated heterocycles. The van der Waals surface area contributed by atoms with E-state index in [1.54, 1.807) is 0 Å². The summed E-state index contributed by atoms with van der Waals surface area (Å²) >= 11 is 0. The molecule has 0 bridgehead atoms. The molecule has 0 spiro atoms. The van der Waals surface area contributed by atoms with E-state index in [1.807, 2.05) is 14.0 Å². The summed E-state index contributed by atoms with van der Waals surface area (Å²) in [5.74, 6) is 1.72. The number of aromatic amines is 1. The Morgan fingerprint density at radius 3 is 2.64 bits per heavy atom. The van der Waals surface area contributed by atoms with Gasteiger partial charge in [-0.3, -0.25) is 14.6 Å². The first-order chi connectivity index (χ1) is 21.4. The first-order valence-electron chi connectivity index (χ1n) is 17.1. The number of aromatic nitrogens is 2.